The molecule has 0 aliphatic rings. The van der Waals surface area contributed by atoms with E-state index >= 15 is 0 Å². The summed E-state index contributed by atoms with van der Waals surface area (Å²) in [6.45, 7) is 0. The smallest absolute Gasteiger partial charge is 0.263 e. The number of carbonyl (C=O) groups is 1. The van der Waals surface area contributed by atoms with Gasteiger partial charge in [0.1, 0.15) is 11.1 Å². The predicted molar refractivity (Wildman–Crippen MR) is 126 cm³/mol. The molecular formula is C22H11Cl2F4N3O3S. The molecule has 0 bridgehead atoms. The molecule has 0 saturated carbocycles. The predicted octanol–water partition coefficient (Wildman–Crippen LogP) is 6.49. The molecule has 3 aromatic carbocycles. The topological polar surface area (TPSA) is 76.4 Å². The lowest BCUT2D eigenvalue weighted by atomic mass is 10.1. The third kappa shape index (κ3) is 4.75. The zero-order valence-electron chi connectivity index (χ0n) is 17.3. The van der Waals surface area contributed by atoms with Crippen LogP contribution in [0.5, 0.6) is 5.75 Å². The first kappa shape index (κ1) is 24.7. The van der Waals surface area contributed by atoms with Gasteiger partial charge >= 0.3 is 0 Å². The molecule has 1 aromatic heterocycles. The normalized spacial score (nSPS) is 10.9. The number of hydrogen-bond acceptors (Lipinski definition) is 5. The van der Waals surface area contributed by atoms with Crippen LogP contribution in [-0.2, 0) is 0 Å². The van der Waals surface area contributed by atoms with E-state index in [1.165, 1.54) is 12.1 Å². The van der Waals surface area contributed by atoms with Crippen molar-refractivity contribution in [3.63, 3.8) is 0 Å². The summed E-state index contributed by atoms with van der Waals surface area (Å²) in [6, 6.07) is 9.45. The van der Waals surface area contributed by atoms with Gasteiger partial charge in [-0.1, -0.05) is 23.2 Å². The van der Waals surface area contributed by atoms with E-state index in [-0.39, 0.29) is 5.89 Å². The summed E-state index contributed by atoms with van der Waals surface area (Å²) in [7, 11) is 0.818. The quantitative estimate of drug-likeness (QED) is 0.174. The zero-order valence-corrected chi connectivity index (χ0v) is 19.6. The fourth-order valence-electron chi connectivity index (χ4n) is 3.08. The molecule has 180 valence electrons. The van der Waals surface area contributed by atoms with E-state index in [0.29, 0.717) is 32.4 Å². The van der Waals surface area contributed by atoms with Crippen molar-refractivity contribution in [1.82, 2.24) is 10.3 Å². The van der Waals surface area contributed by atoms with Crippen molar-refractivity contribution in [2.24, 2.45) is 0 Å². The lowest BCUT2D eigenvalue weighted by Crippen LogP contribution is -2.35. The van der Waals surface area contributed by atoms with E-state index in [1.807, 2.05) is 5.32 Å². The number of fused-ring (bicyclic) bond motifs is 1. The summed E-state index contributed by atoms with van der Waals surface area (Å²) < 4.78 is 66.1. The Balaban J connectivity index is 1.53. The van der Waals surface area contributed by atoms with Gasteiger partial charge < -0.3 is 14.5 Å². The Labute approximate surface area is 209 Å². The Hall–Kier alpha value is -3.41. The Bertz CT molecular complexity index is 1480. The van der Waals surface area contributed by atoms with Crippen molar-refractivity contribution in [1.29, 1.82) is 0 Å². The largest absolute Gasteiger partial charge is 0.491 e. The van der Waals surface area contributed by atoms with E-state index < -0.39 is 45.6 Å². The third-order valence-corrected chi connectivity index (χ3v) is 5.64. The lowest BCUT2D eigenvalue weighted by molar-refractivity contribution is 0.0966. The minimum Gasteiger partial charge on any atom is -0.491 e. The molecule has 1 heterocycles. The number of rotatable bonds is 4. The molecule has 0 unspecified atom stereocenters. The van der Waals surface area contributed by atoms with Crippen LogP contribution in [-0.4, -0.2) is 23.1 Å². The molecule has 2 N–H and O–H groups in total. The Morgan fingerprint density at radius 1 is 1.00 bits per heavy atom. The second kappa shape index (κ2) is 9.68. The molecule has 0 fully saturated rings. The number of oxazole rings is 1. The third-order valence-electron chi connectivity index (χ3n) is 4.69. The van der Waals surface area contributed by atoms with Crippen LogP contribution < -0.4 is 15.4 Å². The van der Waals surface area contributed by atoms with Gasteiger partial charge in [-0.05, 0) is 48.6 Å². The number of nitrogens with one attached hydrogen (secondary N) is 2. The first-order valence-corrected chi connectivity index (χ1v) is 10.7. The summed E-state index contributed by atoms with van der Waals surface area (Å²) >= 11 is 16.9. The van der Waals surface area contributed by atoms with Crippen LogP contribution in [0, 0.1) is 23.3 Å². The molecule has 4 aromatic rings. The maximum atomic E-state index is 14.2. The van der Waals surface area contributed by atoms with Gasteiger partial charge in [0, 0.05) is 11.3 Å². The number of methoxy groups -OCH3 is 1. The van der Waals surface area contributed by atoms with Crippen LogP contribution in [0.2, 0.25) is 10.0 Å². The number of amides is 1. The van der Waals surface area contributed by atoms with Gasteiger partial charge in [0.25, 0.3) is 5.91 Å². The molecular weight excluding hydrogens is 533 g/mol. The molecule has 35 heavy (non-hydrogen) atoms. The standard InChI is InChI=1S/C22H11Cl2F4N3O3S/c1-33-19-17(27)15(25)14(16(26)18(19)28)20(32)31-22(35)29-9-3-5-13-12(7-9)30-21(34-13)8-2-4-10(23)11(24)6-8/h2-7H,1H3,(H2,29,31,32,35). The number of anilines is 1. The fourth-order valence-corrected chi connectivity index (χ4v) is 3.58. The van der Waals surface area contributed by atoms with Gasteiger partial charge in [0.2, 0.25) is 17.5 Å². The molecule has 6 nitrogen and oxygen atoms in total. The highest BCUT2D eigenvalue weighted by Crippen LogP contribution is 2.31. The van der Waals surface area contributed by atoms with Gasteiger partial charge in [0.05, 0.1) is 17.2 Å². The summed E-state index contributed by atoms with van der Waals surface area (Å²) in [4.78, 5) is 16.6. The second-order valence-electron chi connectivity index (χ2n) is 6.90. The van der Waals surface area contributed by atoms with E-state index in [9.17, 15) is 22.4 Å². The van der Waals surface area contributed by atoms with Crippen molar-refractivity contribution in [2.75, 3.05) is 12.4 Å². The van der Waals surface area contributed by atoms with E-state index in [4.69, 9.17) is 39.8 Å². The van der Waals surface area contributed by atoms with Gasteiger partial charge in [0.15, 0.2) is 28.1 Å². The highest BCUT2D eigenvalue weighted by molar-refractivity contribution is 7.80. The molecule has 0 saturated heterocycles. The van der Waals surface area contributed by atoms with Gasteiger partial charge in [-0.25, -0.2) is 13.8 Å². The van der Waals surface area contributed by atoms with Gasteiger partial charge in [-0.3, -0.25) is 10.1 Å². The Morgan fingerprint density at radius 3 is 2.31 bits per heavy atom. The summed E-state index contributed by atoms with van der Waals surface area (Å²) in [5, 5.41) is 4.86. The first-order valence-electron chi connectivity index (χ1n) is 9.49. The number of nitrogens with zero attached hydrogens (tertiary/aromatic N) is 1. The number of hydrogen-bond donors (Lipinski definition) is 2. The van der Waals surface area contributed by atoms with Crippen LogP contribution in [0.15, 0.2) is 40.8 Å². The molecule has 13 heteroatoms. The number of ether oxygens (including phenoxy) is 1. The monoisotopic (exact) mass is 543 g/mol. The molecule has 0 aliphatic heterocycles. The number of halogens is 6. The first-order chi connectivity index (χ1) is 16.6. The van der Waals surface area contributed by atoms with Crippen LogP contribution in [0.3, 0.4) is 0 Å². The van der Waals surface area contributed by atoms with Crippen molar-refractivity contribution < 1.29 is 31.5 Å². The summed E-state index contributed by atoms with van der Waals surface area (Å²) in [5.74, 6) is -10.1. The average molecular weight is 544 g/mol. The minimum atomic E-state index is -1.93. The van der Waals surface area contributed by atoms with Crippen LogP contribution in [0.25, 0.3) is 22.6 Å². The zero-order chi connectivity index (χ0) is 25.4. The molecule has 4 rings (SSSR count). The molecule has 0 aliphatic carbocycles. The Morgan fingerprint density at radius 2 is 1.69 bits per heavy atom. The number of benzene rings is 3. The van der Waals surface area contributed by atoms with Crippen LogP contribution in [0.1, 0.15) is 10.4 Å². The fraction of sp³-hybridized carbons (Fsp3) is 0.0455. The number of carbonyl (C=O) groups excluding carboxylic acids is 1. The molecule has 1 amide bonds. The van der Waals surface area contributed by atoms with Crippen molar-refractivity contribution >= 4 is 63.2 Å². The average Bonchev–Trinajstić information content (AvgIpc) is 3.23. The van der Waals surface area contributed by atoms with Gasteiger partial charge in [-0.2, -0.15) is 8.78 Å². The minimum absolute atomic E-state index is 0.265. The van der Waals surface area contributed by atoms with Crippen molar-refractivity contribution in [3.8, 4) is 17.2 Å². The number of aromatic nitrogens is 1. The molecule has 0 radical (unpaired) electrons. The van der Waals surface area contributed by atoms with Crippen molar-refractivity contribution in [3.05, 3.63) is 75.3 Å². The maximum Gasteiger partial charge on any atom is 0.263 e. The van der Waals surface area contributed by atoms with Crippen molar-refractivity contribution in [2.45, 2.75) is 0 Å². The van der Waals surface area contributed by atoms with Gasteiger partial charge in [-0.15, -0.1) is 0 Å². The maximum absolute atomic E-state index is 14.2. The molecule has 0 atom stereocenters. The lowest BCUT2D eigenvalue weighted by Gasteiger charge is -2.12. The Kier molecular flexibility index (Phi) is 6.84. The van der Waals surface area contributed by atoms with E-state index in [0.717, 1.165) is 7.11 Å². The van der Waals surface area contributed by atoms with Crippen LogP contribution >= 0.6 is 35.4 Å². The highest BCUT2D eigenvalue weighted by atomic mass is 35.5. The summed E-state index contributed by atoms with van der Waals surface area (Å²) in [5.41, 5.74) is 0.227. The molecule has 0 spiro atoms. The number of thiocarbonyl (C=S) groups is 1. The summed E-state index contributed by atoms with van der Waals surface area (Å²) in [6.07, 6.45) is 0. The van der Waals surface area contributed by atoms with Crippen LogP contribution in [0.4, 0.5) is 23.2 Å². The van der Waals surface area contributed by atoms with E-state index in [2.05, 4.69) is 15.0 Å². The van der Waals surface area contributed by atoms with E-state index in [1.54, 1.807) is 24.3 Å². The highest BCUT2D eigenvalue weighted by Gasteiger charge is 2.30. The second-order valence-corrected chi connectivity index (χ2v) is 8.13. The SMILES string of the molecule is COc1c(F)c(F)c(C(=O)NC(=S)Nc2ccc3oc(-c4ccc(Cl)c(Cl)c4)nc3c2)c(F)c1F.